The number of carbonyl (C=O) groups is 2. The molecule has 2 atom stereocenters. The van der Waals surface area contributed by atoms with Crippen LogP contribution in [0.3, 0.4) is 0 Å². The van der Waals surface area contributed by atoms with Crippen LogP contribution in [0.2, 0.25) is 0 Å². The van der Waals surface area contributed by atoms with Gasteiger partial charge in [0.15, 0.2) is 11.6 Å². The van der Waals surface area contributed by atoms with E-state index in [1.807, 2.05) is 36.4 Å². The first-order chi connectivity index (χ1) is 22.1. The van der Waals surface area contributed by atoms with Crippen LogP contribution >= 0.6 is 0 Å². The number of esters is 1. The molecule has 0 radical (unpaired) electrons. The zero-order valence-corrected chi connectivity index (χ0v) is 27.1. The molecule has 4 rings (SSSR count). The average Bonchev–Trinajstić information content (AvgIpc) is 3.44. The van der Waals surface area contributed by atoms with Gasteiger partial charge in [0.2, 0.25) is 5.90 Å². The highest BCUT2D eigenvalue weighted by molar-refractivity contribution is 6.01. The molecule has 2 heterocycles. The molecule has 2 aliphatic heterocycles. The summed E-state index contributed by atoms with van der Waals surface area (Å²) in [6.07, 6.45) is -0.353. The summed E-state index contributed by atoms with van der Waals surface area (Å²) in [5.41, 5.74) is -0.0190. The molecule has 0 bridgehead atoms. The van der Waals surface area contributed by atoms with Gasteiger partial charge in [0.1, 0.15) is 17.9 Å². The van der Waals surface area contributed by atoms with Gasteiger partial charge < -0.3 is 29.4 Å². The molecule has 46 heavy (non-hydrogen) atoms. The number of hydrogen-bond acceptors (Lipinski definition) is 10. The lowest BCUT2D eigenvalue weighted by molar-refractivity contribution is -0.155. The highest BCUT2D eigenvalue weighted by Gasteiger charge is 2.54. The Kier molecular flexibility index (Phi) is 12.4. The first-order valence-electron chi connectivity index (χ1n) is 15.8. The lowest BCUT2D eigenvalue weighted by Gasteiger charge is -2.32. The maximum Gasteiger partial charge on any atom is 0.306 e. The van der Waals surface area contributed by atoms with Gasteiger partial charge in [0.25, 0.3) is 12.6 Å². The number of carbonyl (C=O) groups excluding carboxylic acids is 2. The maximum atomic E-state index is 14.4. The Morgan fingerprint density at radius 2 is 1.91 bits per heavy atom. The van der Waals surface area contributed by atoms with E-state index in [1.54, 1.807) is 32.9 Å². The third-order valence-electron chi connectivity index (χ3n) is 7.66. The van der Waals surface area contributed by atoms with Crippen molar-refractivity contribution in [1.82, 2.24) is 10.2 Å². The second-order valence-electron chi connectivity index (χ2n) is 12.2. The number of amides is 1. The molecule has 12 nitrogen and oxygen atoms in total. The Labute approximate surface area is 270 Å². The minimum absolute atomic E-state index is 0.0433. The Hall–Kier alpha value is -4.09. The molecule has 0 unspecified atom stereocenters. The van der Waals surface area contributed by atoms with Crippen molar-refractivity contribution in [2.24, 2.45) is 10.1 Å². The highest BCUT2D eigenvalue weighted by atomic mass is 16.6. The van der Waals surface area contributed by atoms with E-state index in [-0.39, 0.29) is 37.8 Å². The SMILES string of the molecule is C=[N+]=NCc1ccccc1[C@H]1OC(c2ccc(OCCCO)cc2)=N[C@@]1(CCC(=O)OC(C)(C)C)C(=O)NCCN1CCOCC1. The molecule has 2 aromatic rings. The van der Waals surface area contributed by atoms with Gasteiger partial charge >= 0.3 is 5.97 Å². The first-order valence-corrected chi connectivity index (χ1v) is 15.8. The summed E-state index contributed by atoms with van der Waals surface area (Å²) in [6.45, 7) is 13.5. The van der Waals surface area contributed by atoms with E-state index >= 15 is 0 Å². The summed E-state index contributed by atoms with van der Waals surface area (Å²) in [5, 5.41) is 16.3. The number of aliphatic hydroxyl groups excluding tert-OH is 1. The number of rotatable bonds is 15. The van der Waals surface area contributed by atoms with Crippen molar-refractivity contribution in [3.8, 4) is 5.75 Å². The van der Waals surface area contributed by atoms with Crippen LogP contribution in [0.25, 0.3) is 0 Å². The van der Waals surface area contributed by atoms with E-state index in [1.165, 1.54) is 0 Å². The minimum Gasteiger partial charge on any atom is -0.494 e. The molecular formula is C34H46N5O7+. The van der Waals surface area contributed by atoms with E-state index < -0.39 is 23.2 Å². The lowest BCUT2D eigenvalue weighted by Crippen LogP contribution is -2.51. The second-order valence-corrected chi connectivity index (χ2v) is 12.2. The van der Waals surface area contributed by atoms with Gasteiger partial charge in [-0.3, -0.25) is 14.5 Å². The van der Waals surface area contributed by atoms with Crippen LogP contribution in [0.1, 0.15) is 62.8 Å². The van der Waals surface area contributed by atoms with Crippen molar-refractivity contribution in [2.75, 3.05) is 52.6 Å². The standard InChI is InChI=1S/C34H45N5O7/c1-33(2,3)46-29(41)14-15-34(32(42)36-16-17-39-18-22-43-23-19-39)30(28-9-6-5-8-26(28)24-37-35-4)45-31(38-34)25-10-12-27(13-11-25)44-21-7-20-40/h5-6,8-13,30,40H,4,7,14-24H2,1-3H3/p+1/t30-,34-/m1/s1. The topological polar surface area (TPSA) is 145 Å². The van der Waals surface area contributed by atoms with Crippen molar-refractivity contribution in [3.63, 3.8) is 0 Å². The van der Waals surface area contributed by atoms with E-state index in [0.717, 1.165) is 18.7 Å². The quantitative estimate of drug-likeness (QED) is 0.0998. The highest BCUT2D eigenvalue weighted by Crippen LogP contribution is 2.44. The Morgan fingerprint density at radius 3 is 2.61 bits per heavy atom. The smallest absolute Gasteiger partial charge is 0.306 e. The minimum atomic E-state index is -1.49. The maximum absolute atomic E-state index is 14.4. The molecule has 1 amide bonds. The van der Waals surface area contributed by atoms with Crippen molar-refractivity contribution in [3.05, 3.63) is 65.2 Å². The molecule has 0 aromatic heterocycles. The van der Waals surface area contributed by atoms with Crippen molar-refractivity contribution in [2.45, 2.75) is 63.8 Å². The predicted molar refractivity (Wildman–Crippen MR) is 172 cm³/mol. The number of aliphatic imine (C=N–C) groups is 1. The molecule has 2 aliphatic rings. The zero-order valence-electron chi connectivity index (χ0n) is 27.1. The van der Waals surface area contributed by atoms with Crippen LogP contribution in [0.5, 0.6) is 5.75 Å². The van der Waals surface area contributed by atoms with Crippen LogP contribution in [-0.2, 0) is 30.3 Å². The van der Waals surface area contributed by atoms with Gasteiger partial charge in [0.05, 0.1) is 24.9 Å². The first kappa shape index (κ1) is 34.8. The third kappa shape index (κ3) is 9.46. The van der Waals surface area contributed by atoms with Gasteiger partial charge in [-0.25, -0.2) is 4.99 Å². The van der Waals surface area contributed by atoms with E-state index in [2.05, 4.69) is 26.8 Å². The van der Waals surface area contributed by atoms with Crippen LogP contribution in [-0.4, -0.2) is 103 Å². The molecule has 248 valence electrons. The molecule has 2 N–H and O–H groups in total. The summed E-state index contributed by atoms with van der Waals surface area (Å²) < 4.78 is 23.4. The Balaban J connectivity index is 1.72. The van der Waals surface area contributed by atoms with Crippen molar-refractivity contribution < 1.29 is 38.4 Å². The average molecular weight is 637 g/mol. The number of benzene rings is 2. The fraction of sp³-hybridized carbons (Fsp3) is 0.529. The van der Waals surface area contributed by atoms with Gasteiger partial charge in [-0.2, -0.15) is 0 Å². The molecule has 0 saturated carbocycles. The van der Waals surface area contributed by atoms with Crippen LogP contribution in [0.4, 0.5) is 0 Å². The fourth-order valence-corrected chi connectivity index (χ4v) is 5.40. The van der Waals surface area contributed by atoms with Crippen LogP contribution in [0.15, 0.2) is 58.6 Å². The predicted octanol–water partition coefficient (Wildman–Crippen LogP) is 3.14. The van der Waals surface area contributed by atoms with Crippen molar-refractivity contribution in [1.29, 1.82) is 0 Å². The summed E-state index contributed by atoms with van der Waals surface area (Å²) in [6, 6.07) is 14.7. The van der Waals surface area contributed by atoms with Gasteiger partial charge in [-0.05, 0) is 57.0 Å². The molecule has 12 heteroatoms. The lowest BCUT2D eigenvalue weighted by atomic mass is 9.81. The Bertz CT molecular complexity index is 1400. The van der Waals surface area contributed by atoms with Gasteiger partial charge in [-0.15, -0.1) is 0 Å². The molecule has 0 aliphatic carbocycles. The number of morpholine rings is 1. The Morgan fingerprint density at radius 1 is 1.17 bits per heavy atom. The largest absolute Gasteiger partial charge is 0.494 e. The van der Waals surface area contributed by atoms with E-state index in [0.29, 0.717) is 56.2 Å². The summed E-state index contributed by atoms with van der Waals surface area (Å²) in [4.78, 5) is 38.3. The number of nitrogens with zero attached hydrogens (tertiary/aromatic N) is 4. The zero-order chi connectivity index (χ0) is 33.0. The number of ether oxygens (including phenoxy) is 4. The van der Waals surface area contributed by atoms with Crippen LogP contribution < -0.4 is 10.1 Å². The third-order valence-corrected chi connectivity index (χ3v) is 7.66. The van der Waals surface area contributed by atoms with Gasteiger partial charge in [0, 0.05) is 61.5 Å². The normalized spacial score (nSPS) is 19.8. The summed E-state index contributed by atoms with van der Waals surface area (Å²) in [7, 11) is 0. The number of nitrogens with one attached hydrogen (secondary N) is 1. The number of aliphatic hydroxyl groups is 1. The summed E-state index contributed by atoms with van der Waals surface area (Å²) >= 11 is 0. The monoisotopic (exact) mass is 636 g/mol. The van der Waals surface area contributed by atoms with E-state index in [4.69, 9.17) is 29.0 Å². The fourth-order valence-electron chi connectivity index (χ4n) is 5.40. The molecule has 0 spiro atoms. The van der Waals surface area contributed by atoms with Gasteiger partial charge in [-0.1, -0.05) is 24.3 Å². The molecular weight excluding hydrogens is 590 g/mol. The van der Waals surface area contributed by atoms with Crippen molar-refractivity contribution >= 4 is 24.5 Å². The molecule has 1 saturated heterocycles. The molecule has 1 fully saturated rings. The molecule has 2 aromatic carbocycles. The second kappa shape index (κ2) is 16.5. The number of hydrogen-bond donors (Lipinski definition) is 2. The van der Waals surface area contributed by atoms with Crippen LogP contribution in [0, 0.1) is 0 Å². The summed E-state index contributed by atoms with van der Waals surface area (Å²) in [5.74, 6) is 0.127. The van der Waals surface area contributed by atoms with E-state index in [9.17, 15) is 9.59 Å².